The summed E-state index contributed by atoms with van der Waals surface area (Å²) < 4.78 is 0. The normalized spacial score (nSPS) is 10.5. The molecule has 1 aromatic rings. The van der Waals surface area contributed by atoms with Crippen LogP contribution in [0.5, 0.6) is 0 Å². The molecule has 4 heteroatoms. The Bertz CT molecular complexity index is 306. The van der Waals surface area contributed by atoms with Gasteiger partial charge in [-0.05, 0) is 5.92 Å². The molecule has 0 saturated heterocycles. The van der Waals surface area contributed by atoms with Crippen molar-refractivity contribution in [2.75, 3.05) is 0 Å². The van der Waals surface area contributed by atoms with Crippen LogP contribution >= 0.6 is 12.6 Å². The van der Waals surface area contributed by atoms with E-state index < -0.39 is 0 Å². The van der Waals surface area contributed by atoms with E-state index in [0.717, 1.165) is 0 Å². The zero-order chi connectivity index (χ0) is 8.43. The van der Waals surface area contributed by atoms with Gasteiger partial charge in [-0.2, -0.15) is 0 Å². The van der Waals surface area contributed by atoms with Crippen molar-refractivity contribution in [3.8, 4) is 0 Å². The predicted octanol–water partition coefficient (Wildman–Crippen LogP) is 1.18. The molecule has 0 atom stereocenters. The SMILES string of the molecule is CC(C)c1c(S)nc[nH]c1=O. The van der Waals surface area contributed by atoms with Gasteiger partial charge in [-0.25, -0.2) is 4.98 Å². The molecular weight excluding hydrogens is 160 g/mol. The number of rotatable bonds is 1. The van der Waals surface area contributed by atoms with E-state index >= 15 is 0 Å². The minimum absolute atomic E-state index is 0.0972. The minimum atomic E-state index is -0.0972. The molecule has 1 N–H and O–H groups in total. The van der Waals surface area contributed by atoms with Gasteiger partial charge in [-0.3, -0.25) is 4.79 Å². The van der Waals surface area contributed by atoms with Crippen LogP contribution in [0.3, 0.4) is 0 Å². The quantitative estimate of drug-likeness (QED) is 0.491. The third kappa shape index (κ3) is 1.63. The van der Waals surface area contributed by atoms with Crippen LogP contribution in [0.25, 0.3) is 0 Å². The summed E-state index contributed by atoms with van der Waals surface area (Å²) in [6.45, 7) is 3.87. The molecular formula is C7H10N2OS. The molecule has 0 unspecified atom stereocenters. The Morgan fingerprint density at radius 1 is 1.64 bits per heavy atom. The maximum atomic E-state index is 11.1. The van der Waals surface area contributed by atoms with E-state index in [-0.39, 0.29) is 11.5 Å². The summed E-state index contributed by atoms with van der Waals surface area (Å²) in [7, 11) is 0. The summed E-state index contributed by atoms with van der Waals surface area (Å²) in [5, 5.41) is 0.517. The molecule has 3 nitrogen and oxygen atoms in total. The second-order valence-electron chi connectivity index (χ2n) is 2.62. The zero-order valence-corrected chi connectivity index (χ0v) is 7.35. The van der Waals surface area contributed by atoms with E-state index in [1.165, 1.54) is 6.33 Å². The molecule has 0 aromatic carbocycles. The molecule has 0 fully saturated rings. The Morgan fingerprint density at radius 3 is 2.64 bits per heavy atom. The first kappa shape index (κ1) is 8.33. The molecule has 0 radical (unpaired) electrons. The Labute approximate surface area is 70.3 Å². The van der Waals surface area contributed by atoms with Crippen LogP contribution < -0.4 is 5.56 Å². The van der Waals surface area contributed by atoms with Gasteiger partial charge >= 0.3 is 0 Å². The Balaban J connectivity index is 3.33. The van der Waals surface area contributed by atoms with Crippen molar-refractivity contribution in [1.82, 2.24) is 9.97 Å². The van der Waals surface area contributed by atoms with E-state index in [1.54, 1.807) is 0 Å². The number of hydrogen-bond acceptors (Lipinski definition) is 3. The number of nitrogens with zero attached hydrogens (tertiary/aromatic N) is 1. The van der Waals surface area contributed by atoms with Gasteiger partial charge in [0.05, 0.1) is 11.9 Å². The van der Waals surface area contributed by atoms with Crippen molar-refractivity contribution < 1.29 is 0 Å². The molecule has 60 valence electrons. The second kappa shape index (κ2) is 3.09. The lowest BCUT2D eigenvalue weighted by molar-refractivity contribution is 0.787. The van der Waals surface area contributed by atoms with E-state index in [2.05, 4.69) is 22.6 Å². The van der Waals surface area contributed by atoms with Gasteiger partial charge < -0.3 is 4.98 Å². The molecule has 1 aromatic heterocycles. The monoisotopic (exact) mass is 170 g/mol. The average molecular weight is 170 g/mol. The van der Waals surface area contributed by atoms with E-state index in [4.69, 9.17) is 0 Å². The summed E-state index contributed by atoms with van der Waals surface area (Å²) in [5.74, 6) is 0.167. The highest BCUT2D eigenvalue weighted by Crippen LogP contribution is 2.14. The third-order valence-corrected chi connectivity index (χ3v) is 1.80. The maximum Gasteiger partial charge on any atom is 0.255 e. The van der Waals surface area contributed by atoms with Crippen molar-refractivity contribution >= 4 is 12.6 Å². The largest absolute Gasteiger partial charge is 0.313 e. The number of H-pyrrole nitrogens is 1. The van der Waals surface area contributed by atoms with Gasteiger partial charge in [0.1, 0.15) is 5.03 Å². The maximum absolute atomic E-state index is 11.1. The highest BCUT2D eigenvalue weighted by molar-refractivity contribution is 7.80. The first-order chi connectivity index (χ1) is 5.13. The molecule has 0 aliphatic carbocycles. The van der Waals surface area contributed by atoms with Gasteiger partial charge in [0.2, 0.25) is 0 Å². The number of aromatic amines is 1. The molecule has 1 rings (SSSR count). The Kier molecular flexibility index (Phi) is 2.34. The van der Waals surface area contributed by atoms with Crippen LogP contribution in [0, 0.1) is 0 Å². The van der Waals surface area contributed by atoms with Crippen molar-refractivity contribution in [3.63, 3.8) is 0 Å². The van der Waals surface area contributed by atoms with Crippen molar-refractivity contribution in [2.24, 2.45) is 0 Å². The number of hydrogen-bond donors (Lipinski definition) is 2. The van der Waals surface area contributed by atoms with Gasteiger partial charge in [0, 0.05) is 0 Å². The number of nitrogens with one attached hydrogen (secondary N) is 1. The fourth-order valence-corrected chi connectivity index (χ4v) is 1.34. The number of aromatic nitrogens is 2. The van der Waals surface area contributed by atoms with Crippen LogP contribution in [0.2, 0.25) is 0 Å². The minimum Gasteiger partial charge on any atom is -0.313 e. The van der Waals surface area contributed by atoms with Crippen LogP contribution in [0.15, 0.2) is 16.1 Å². The zero-order valence-electron chi connectivity index (χ0n) is 6.46. The predicted molar refractivity (Wildman–Crippen MR) is 46.2 cm³/mol. The van der Waals surface area contributed by atoms with Crippen LogP contribution in [-0.2, 0) is 0 Å². The molecule has 0 saturated carbocycles. The fraction of sp³-hybridized carbons (Fsp3) is 0.429. The fourth-order valence-electron chi connectivity index (χ4n) is 0.921. The molecule has 1 heterocycles. The first-order valence-electron chi connectivity index (χ1n) is 3.39. The molecule has 0 aliphatic heterocycles. The molecule has 11 heavy (non-hydrogen) atoms. The first-order valence-corrected chi connectivity index (χ1v) is 3.84. The number of thiol groups is 1. The standard InChI is InChI=1S/C7H10N2OS/c1-4(2)5-6(10)8-3-9-7(5)11/h3-4H,1-2H3,(H2,8,9,10,11). The molecule has 0 bridgehead atoms. The van der Waals surface area contributed by atoms with Gasteiger partial charge in [-0.1, -0.05) is 13.8 Å². The van der Waals surface area contributed by atoms with Crippen LogP contribution in [0.4, 0.5) is 0 Å². The van der Waals surface area contributed by atoms with E-state index in [9.17, 15) is 4.79 Å². The molecule has 0 amide bonds. The Morgan fingerprint density at radius 2 is 2.27 bits per heavy atom. The second-order valence-corrected chi connectivity index (χ2v) is 3.05. The summed E-state index contributed by atoms with van der Waals surface area (Å²) >= 11 is 4.08. The van der Waals surface area contributed by atoms with E-state index in [1.807, 2.05) is 13.8 Å². The van der Waals surface area contributed by atoms with Crippen LogP contribution in [0.1, 0.15) is 25.3 Å². The lowest BCUT2D eigenvalue weighted by Crippen LogP contribution is -2.15. The smallest absolute Gasteiger partial charge is 0.255 e. The lowest BCUT2D eigenvalue weighted by atomic mass is 10.1. The third-order valence-electron chi connectivity index (χ3n) is 1.45. The summed E-state index contributed by atoms with van der Waals surface area (Å²) in [4.78, 5) is 17.5. The molecule has 0 aliphatic rings. The average Bonchev–Trinajstić information content (AvgIpc) is 1.85. The lowest BCUT2D eigenvalue weighted by Gasteiger charge is -2.04. The van der Waals surface area contributed by atoms with Gasteiger partial charge in [0.15, 0.2) is 0 Å². The molecule has 0 spiro atoms. The highest BCUT2D eigenvalue weighted by Gasteiger charge is 2.08. The van der Waals surface area contributed by atoms with Gasteiger partial charge in [-0.15, -0.1) is 12.6 Å². The van der Waals surface area contributed by atoms with Crippen molar-refractivity contribution in [1.29, 1.82) is 0 Å². The van der Waals surface area contributed by atoms with Gasteiger partial charge in [0.25, 0.3) is 5.56 Å². The Hall–Kier alpha value is -0.770. The topological polar surface area (TPSA) is 45.8 Å². The summed E-state index contributed by atoms with van der Waals surface area (Å²) in [6, 6.07) is 0. The van der Waals surface area contributed by atoms with Crippen molar-refractivity contribution in [3.05, 3.63) is 22.2 Å². The van der Waals surface area contributed by atoms with E-state index in [0.29, 0.717) is 10.6 Å². The summed E-state index contributed by atoms with van der Waals surface area (Å²) in [6.07, 6.45) is 1.36. The van der Waals surface area contributed by atoms with Crippen LogP contribution in [-0.4, -0.2) is 9.97 Å². The van der Waals surface area contributed by atoms with Crippen molar-refractivity contribution in [2.45, 2.75) is 24.8 Å². The summed E-state index contributed by atoms with van der Waals surface area (Å²) in [5.41, 5.74) is 0.552. The highest BCUT2D eigenvalue weighted by atomic mass is 32.1.